The Balaban J connectivity index is 2.28. The number of aryl methyl sites for hydroxylation is 1. The third kappa shape index (κ3) is 3.10. The summed E-state index contributed by atoms with van der Waals surface area (Å²) in [5.74, 6) is 0. The average molecular weight is 269 g/mol. The van der Waals surface area contributed by atoms with Gasteiger partial charge in [-0.05, 0) is 44.7 Å². The third-order valence-corrected chi connectivity index (χ3v) is 4.38. The summed E-state index contributed by atoms with van der Waals surface area (Å²) in [5, 5.41) is 3.42. The van der Waals surface area contributed by atoms with Crippen molar-refractivity contribution in [1.29, 1.82) is 0 Å². The van der Waals surface area contributed by atoms with Crippen molar-refractivity contribution in [3.05, 3.63) is 29.3 Å². The van der Waals surface area contributed by atoms with Crippen molar-refractivity contribution in [2.45, 2.75) is 50.1 Å². The standard InChI is InChI=1S/C13H19NO3S/c1-9-3-6-13(18(15,16)17)11(7-9)8-12-5-4-10(2)14-12/h3,6-7,10,12,14H,4-5,8H2,1-2H3,(H,15,16,17). The molecule has 1 aromatic carbocycles. The second kappa shape index (κ2) is 4.99. The topological polar surface area (TPSA) is 66.4 Å². The first-order chi connectivity index (χ1) is 8.36. The van der Waals surface area contributed by atoms with Gasteiger partial charge in [-0.25, -0.2) is 0 Å². The maximum atomic E-state index is 11.3. The molecular weight excluding hydrogens is 250 g/mol. The van der Waals surface area contributed by atoms with Gasteiger partial charge in [0.1, 0.15) is 0 Å². The summed E-state index contributed by atoms with van der Waals surface area (Å²) >= 11 is 0. The lowest BCUT2D eigenvalue weighted by Gasteiger charge is -2.14. The minimum atomic E-state index is -4.13. The van der Waals surface area contributed by atoms with Crippen LogP contribution in [0, 0.1) is 6.92 Å². The van der Waals surface area contributed by atoms with E-state index in [1.54, 1.807) is 6.07 Å². The highest BCUT2D eigenvalue weighted by molar-refractivity contribution is 7.85. The summed E-state index contributed by atoms with van der Waals surface area (Å²) < 4.78 is 31.9. The Morgan fingerprint density at radius 2 is 2.11 bits per heavy atom. The van der Waals surface area contributed by atoms with Gasteiger partial charge in [0.15, 0.2) is 0 Å². The minimum Gasteiger partial charge on any atom is -0.311 e. The average Bonchev–Trinajstić information content (AvgIpc) is 2.62. The molecular formula is C13H19NO3S. The third-order valence-electron chi connectivity index (χ3n) is 3.43. The van der Waals surface area contributed by atoms with Gasteiger partial charge in [0.05, 0.1) is 4.90 Å². The Bertz CT molecular complexity index is 539. The first-order valence-corrected chi connectivity index (χ1v) is 7.63. The van der Waals surface area contributed by atoms with Crippen LogP contribution in [0.25, 0.3) is 0 Å². The summed E-state index contributed by atoms with van der Waals surface area (Å²) in [5.41, 5.74) is 1.70. The summed E-state index contributed by atoms with van der Waals surface area (Å²) in [7, 11) is -4.13. The largest absolute Gasteiger partial charge is 0.311 e. The van der Waals surface area contributed by atoms with Crippen molar-refractivity contribution >= 4 is 10.1 Å². The van der Waals surface area contributed by atoms with Gasteiger partial charge in [0, 0.05) is 12.1 Å². The first kappa shape index (κ1) is 13.5. The monoisotopic (exact) mass is 269 g/mol. The molecule has 100 valence electrons. The number of hydrogen-bond acceptors (Lipinski definition) is 3. The van der Waals surface area contributed by atoms with Crippen LogP contribution in [0.2, 0.25) is 0 Å². The molecule has 1 heterocycles. The summed E-state index contributed by atoms with van der Waals surface area (Å²) in [6.07, 6.45) is 2.79. The molecule has 2 N–H and O–H groups in total. The molecule has 0 radical (unpaired) electrons. The van der Waals surface area contributed by atoms with Gasteiger partial charge in [-0.1, -0.05) is 17.7 Å². The molecule has 0 bridgehead atoms. The van der Waals surface area contributed by atoms with Gasteiger partial charge in [-0.15, -0.1) is 0 Å². The Kier molecular flexibility index (Phi) is 3.75. The van der Waals surface area contributed by atoms with E-state index >= 15 is 0 Å². The summed E-state index contributed by atoms with van der Waals surface area (Å²) in [6, 6.07) is 5.81. The normalized spacial score (nSPS) is 24.4. The molecule has 1 aliphatic rings. The van der Waals surface area contributed by atoms with Crippen LogP contribution in [0.15, 0.2) is 23.1 Å². The van der Waals surface area contributed by atoms with Gasteiger partial charge in [0.2, 0.25) is 0 Å². The zero-order chi connectivity index (χ0) is 13.3. The molecule has 1 aromatic rings. The molecule has 4 nitrogen and oxygen atoms in total. The van der Waals surface area contributed by atoms with Crippen LogP contribution in [0.4, 0.5) is 0 Å². The van der Waals surface area contributed by atoms with Gasteiger partial charge >= 0.3 is 0 Å². The van der Waals surface area contributed by atoms with Crippen molar-refractivity contribution < 1.29 is 13.0 Å². The lowest BCUT2D eigenvalue weighted by atomic mass is 10.0. The lowest BCUT2D eigenvalue weighted by molar-refractivity contribution is 0.480. The van der Waals surface area contributed by atoms with Crippen LogP contribution >= 0.6 is 0 Å². The molecule has 2 unspecified atom stereocenters. The van der Waals surface area contributed by atoms with Gasteiger partial charge < -0.3 is 5.32 Å². The summed E-state index contributed by atoms with van der Waals surface area (Å²) in [4.78, 5) is 0.0365. The summed E-state index contributed by atoms with van der Waals surface area (Å²) in [6.45, 7) is 4.04. The fourth-order valence-electron chi connectivity index (χ4n) is 2.57. The molecule has 1 fully saturated rings. The van der Waals surface area contributed by atoms with Crippen LogP contribution in [-0.2, 0) is 16.5 Å². The molecule has 2 atom stereocenters. The molecule has 1 saturated heterocycles. The Morgan fingerprint density at radius 3 is 2.67 bits per heavy atom. The van der Waals surface area contributed by atoms with E-state index in [9.17, 15) is 13.0 Å². The molecule has 0 amide bonds. The Hall–Kier alpha value is -0.910. The fourth-order valence-corrected chi connectivity index (χ4v) is 3.28. The number of nitrogens with one attached hydrogen (secondary N) is 1. The van der Waals surface area contributed by atoms with Crippen molar-refractivity contribution in [3.63, 3.8) is 0 Å². The van der Waals surface area contributed by atoms with Crippen LogP contribution in [0.1, 0.15) is 30.9 Å². The quantitative estimate of drug-likeness (QED) is 0.823. The number of benzene rings is 1. The van der Waals surface area contributed by atoms with Crippen LogP contribution in [0.3, 0.4) is 0 Å². The second-order valence-corrected chi connectivity index (χ2v) is 6.52. The molecule has 5 heteroatoms. The highest BCUT2D eigenvalue weighted by atomic mass is 32.2. The van der Waals surface area contributed by atoms with Crippen molar-refractivity contribution in [1.82, 2.24) is 5.32 Å². The molecule has 2 rings (SSSR count). The van der Waals surface area contributed by atoms with Gasteiger partial charge in [-0.2, -0.15) is 8.42 Å². The maximum absolute atomic E-state index is 11.3. The number of rotatable bonds is 3. The Labute approximate surface area is 108 Å². The van der Waals surface area contributed by atoms with E-state index in [2.05, 4.69) is 12.2 Å². The van der Waals surface area contributed by atoms with Crippen LogP contribution in [-0.4, -0.2) is 25.1 Å². The zero-order valence-electron chi connectivity index (χ0n) is 10.7. The fraction of sp³-hybridized carbons (Fsp3) is 0.538. The Morgan fingerprint density at radius 1 is 1.39 bits per heavy atom. The van der Waals surface area contributed by atoms with Crippen molar-refractivity contribution in [3.8, 4) is 0 Å². The molecule has 0 aromatic heterocycles. The molecule has 0 saturated carbocycles. The first-order valence-electron chi connectivity index (χ1n) is 6.19. The smallest absolute Gasteiger partial charge is 0.294 e. The van der Waals surface area contributed by atoms with E-state index in [4.69, 9.17) is 0 Å². The van der Waals surface area contributed by atoms with Gasteiger partial charge in [0.25, 0.3) is 10.1 Å². The van der Waals surface area contributed by atoms with Crippen molar-refractivity contribution in [2.75, 3.05) is 0 Å². The van der Waals surface area contributed by atoms with E-state index in [-0.39, 0.29) is 4.90 Å². The number of hydrogen-bond donors (Lipinski definition) is 2. The van der Waals surface area contributed by atoms with Crippen LogP contribution in [0.5, 0.6) is 0 Å². The molecule has 0 spiro atoms. The van der Waals surface area contributed by atoms with E-state index in [0.29, 0.717) is 24.1 Å². The highest BCUT2D eigenvalue weighted by Crippen LogP contribution is 2.22. The van der Waals surface area contributed by atoms with E-state index in [1.165, 1.54) is 6.07 Å². The van der Waals surface area contributed by atoms with E-state index < -0.39 is 10.1 Å². The predicted octanol–water partition coefficient (Wildman–Crippen LogP) is 1.92. The lowest BCUT2D eigenvalue weighted by Crippen LogP contribution is -2.29. The maximum Gasteiger partial charge on any atom is 0.294 e. The highest BCUT2D eigenvalue weighted by Gasteiger charge is 2.23. The molecule has 1 aliphatic heterocycles. The van der Waals surface area contributed by atoms with Crippen LogP contribution < -0.4 is 5.32 Å². The zero-order valence-corrected chi connectivity index (χ0v) is 11.5. The predicted molar refractivity (Wildman–Crippen MR) is 70.3 cm³/mol. The SMILES string of the molecule is Cc1ccc(S(=O)(=O)O)c(CC2CCC(C)N2)c1. The molecule has 0 aliphatic carbocycles. The van der Waals surface area contributed by atoms with Gasteiger partial charge in [-0.3, -0.25) is 4.55 Å². The van der Waals surface area contributed by atoms with E-state index in [1.807, 2.05) is 13.0 Å². The second-order valence-electron chi connectivity index (χ2n) is 5.13. The minimum absolute atomic E-state index is 0.0365. The van der Waals surface area contributed by atoms with E-state index in [0.717, 1.165) is 18.4 Å². The van der Waals surface area contributed by atoms with Crippen molar-refractivity contribution in [2.24, 2.45) is 0 Å². The molecule has 18 heavy (non-hydrogen) atoms.